The standard InChI is InChI=1S/C67H54Si/c1-65(2)55-22-14-11-17-43(55)46-29-25-39(33-58(46)65)40-26-32-49-52-37-53-54(38-62(52)68(7,8)61(49)36-40)64(42-28-31-48-45-19-13-16-24-57(45)67(5,6)60(48)35-42)51-21-10-9-20-50(51)63(53)41-27-30-47-44-18-12-15-23-56(44)66(3,4)59(47)34-41/h9-38H,1-8H3. The molecule has 0 unspecified atom stereocenters. The third-order valence-electron chi connectivity index (χ3n) is 17.5. The van der Waals surface area contributed by atoms with Crippen LogP contribution in [0.2, 0.25) is 13.1 Å². The Balaban J connectivity index is 1.01. The maximum atomic E-state index is 2.66. The molecule has 0 atom stereocenters. The molecule has 326 valence electrons. The zero-order valence-corrected chi connectivity index (χ0v) is 41.3. The maximum Gasteiger partial charge on any atom is 0.113 e. The minimum atomic E-state index is -2.20. The molecule has 1 heteroatoms. The van der Waals surface area contributed by atoms with Crippen LogP contribution >= 0.6 is 0 Å². The molecule has 14 rings (SSSR count). The lowest BCUT2D eigenvalue weighted by Gasteiger charge is -2.25. The Bertz CT molecular complexity index is 3910. The number of fused-ring (bicyclic) bond motifs is 14. The first-order valence-corrected chi connectivity index (χ1v) is 27.7. The van der Waals surface area contributed by atoms with E-state index in [0.29, 0.717) is 0 Å². The third kappa shape index (κ3) is 5.10. The average Bonchev–Trinajstić information content (AvgIpc) is 3.92. The predicted octanol–water partition coefficient (Wildman–Crippen LogP) is 16.7. The van der Waals surface area contributed by atoms with Crippen LogP contribution in [0.3, 0.4) is 0 Å². The number of hydrogen-bond donors (Lipinski definition) is 0. The Morgan fingerprint density at radius 3 is 1.07 bits per heavy atom. The Morgan fingerprint density at radius 2 is 0.603 bits per heavy atom. The smallest absolute Gasteiger partial charge is 0.0619 e. The van der Waals surface area contributed by atoms with E-state index in [1.54, 1.807) is 0 Å². The van der Waals surface area contributed by atoms with Crippen LogP contribution < -0.4 is 10.4 Å². The second kappa shape index (κ2) is 13.3. The van der Waals surface area contributed by atoms with Crippen molar-refractivity contribution in [2.45, 2.75) is 70.9 Å². The number of hydrogen-bond acceptors (Lipinski definition) is 0. The largest absolute Gasteiger partial charge is 0.113 e. The van der Waals surface area contributed by atoms with Crippen LogP contribution in [0.4, 0.5) is 0 Å². The summed E-state index contributed by atoms with van der Waals surface area (Å²) in [5.41, 5.74) is 27.1. The van der Waals surface area contributed by atoms with Crippen molar-refractivity contribution in [2.75, 3.05) is 0 Å². The monoisotopic (exact) mass is 886 g/mol. The van der Waals surface area contributed by atoms with Crippen LogP contribution in [-0.2, 0) is 16.2 Å². The summed E-state index contributed by atoms with van der Waals surface area (Å²) in [6.45, 7) is 19.6. The molecule has 0 N–H and O–H groups in total. The summed E-state index contributed by atoms with van der Waals surface area (Å²) in [6, 6.07) is 70.9. The Kier molecular flexibility index (Phi) is 7.85. The van der Waals surface area contributed by atoms with Crippen molar-refractivity contribution in [3.05, 3.63) is 215 Å². The first-order valence-electron chi connectivity index (χ1n) is 24.7. The zero-order valence-electron chi connectivity index (χ0n) is 40.3. The minimum absolute atomic E-state index is 0.0425. The summed E-state index contributed by atoms with van der Waals surface area (Å²) < 4.78 is 0. The van der Waals surface area contributed by atoms with Crippen LogP contribution in [0, 0.1) is 0 Å². The third-order valence-corrected chi connectivity index (χ3v) is 21.0. The first-order chi connectivity index (χ1) is 32.7. The second-order valence-electron chi connectivity index (χ2n) is 22.4. The van der Waals surface area contributed by atoms with E-state index in [0.717, 1.165) is 0 Å². The maximum absolute atomic E-state index is 2.66. The van der Waals surface area contributed by atoms with Gasteiger partial charge in [-0.3, -0.25) is 0 Å². The quantitative estimate of drug-likeness (QED) is 0.122. The highest BCUT2D eigenvalue weighted by Gasteiger charge is 2.41. The molecule has 0 amide bonds. The van der Waals surface area contributed by atoms with Gasteiger partial charge in [-0.05, 0) is 167 Å². The van der Waals surface area contributed by atoms with Crippen LogP contribution in [0.15, 0.2) is 182 Å². The van der Waals surface area contributed by atoms with Crippen molar-refractivity contribution in [3.8, 4) is 77.9 Å². The second-order valence-corrected chi connectivity index (χ2v) is 26.7. The van der Waals surface area contributed by atoms with Crippen molar-refractivity contribution >= 4 is 40.0 Å². The van der Waals surface area contributed by atoms with Gasteiger partial charge in [0.2, 0.25) is 0 Å². The molecular formula is C67H54Si. The highest BCUT2D eigenvalue weighted by atomic mass is 28.3. The van der Waals surface area contributed by atoms with E-state index in [2.05, 4.69) is 237 Å². The van der Waals surface area contributed by atoms with Gasteiger partial charge in [-0.25, -0.2) is 0 Å². The summed E-state index contributed by atoms with van der Waals surface area (Å²) in [6.07, 6.45) is 0. The molecule has 0 fully saturated rings. The fraction of sp³-hybridized carbons (Fsp3) is 0.164. The summed E-state index contributed by atoms with van der Waals surface area (Å²) in [5, 5.41) is 8.36. The van der Waals surface area contributed by atoms with Gasteiger partial charge in [0.15, 0.2) is 0 Å². The minimum Gasteiger partial charge on any atom is -0.0619 e. The van der Waals surface area contributed by atoms with E-state index in [1.807, 2.05) is 0 Å². The topological polar surface area (TPSA) is 0 Å². The van der Waals surface area contributed by atoms with Gasteiger partial charge in [0, 0.05) is 16.2 Å². The molecular weight excluding hydrogens is 833 g/mol. The Morgan fingerprint density at radius 1 is 0.265 bits per heavy atom. The SMILES string of the molecule is CC1(C)c2ccccc2-c2ccc(-c3ccc4c(c3)[Si](C)(C)c3cc5c(-c6ccc7c(c6)C(C)(C)c6ccccc6-7)c6ccccc6c(-c6ccc7c(c6)C(C)(C)c6ccccc6-7)c5cc3-4)cc21. The molecule has 0 saturated carbocycles. The predicted molar refractivity (Wildman–Crippen MR) is 293 cm³/mol. The molecule has 0 nitrogen and oxygen atoms in total. The van der Waals surface area contributed by atoms with Gasteiger partial charge in [0.25, 0.3) is 0 Å². The highest BCUT2D eigenvalue weighted by Crippen LogP contribution is 2.55. The van der Waals surface area contributed by atoms with E-state index < -0.39 is 8.07 Å². The van der Waals surface area contributed by atoms with Crippen LogP contribution in [-0.4, -0.2) is 8.07 Å². The van der Waals surface area contributed by atoms with Gasteiger partial charge in [0.1, 0.15) is 8.07 Å². The summed E-state index contributed by atoms with van der Waals surface area (Å²) >= 11 is 0. The van der Waals surface area contributed by atoms with Crippen molar-refractivity contribution in [3.63, 3.8) is 0 Å². The van der Waals surface area contributed by atoms with Crippen LogP contribution in [0.1, 0.15) is 74.9 Å². The van der Waals surface area contributed by atoms with E-state index in [9.17, 15) is 0 Å². The van der Waals surface area contributed by atoms with Gasteiger partial charge in [-0.1, -0.05) is 212 Å². The Labute approximate surface area is 402 Å². The van der Waals surface area contributed by atoms with Crippen molar-refractivity contribution in [2.24, 2.45) is 0 Å². The van der Waals surface area contributed by atoms with E-state index in [-0.39, 0.29) is 16.2 Å². The molecule has 0 radical (unpaired) electrons. The summed E-state index contributed by atoms with van der Waals surface area (Å²) in [4.78, 5) is 0. The number of benzene rings is 10. The molecule has 0 bridgehead atoms. The van der Waals surface area contributed by atoms with Crippen LogP contribution in [0.25, 0.3) is 99.4 Å². The van der Waals surface area contributed by atoms with Gasteiger partial charge >= 0.3 is 0 Å². The molecule has 1 heterocycles. The van der Waals surface area contributed by atoms with Crippen molar-refractivity contribution in [1.82, 2.24) is 0 Å². The van der Waals surface area contributed by atoms with Gasteiger partial charge < -0.3 is 0 Å². The average molecular weight is 887 g/mol. The normalized spacial score (nSPS) is 16.4. The van der Waals surface area contributed by atoms with E-state index in [1.165, 1.54) is 143 Å². The molecule has 3 aliphatic carbocycles. The molecule has 1 aliphatic heterocycles. The summed E-state index contributed by atoms with van der Waals surface area (Å²) in [5.74, 6) is 0. The van der Waals surface area contributed by atoms with E-state index >= 15 is 0 Å². The molecule has 0 aromatic heterocycles. The lowest BCUT2D eigenvalue weighted by atomic mass is 9.79. The number of rotatable bonds is 3. The molecule has 68 heavy (non-hydrogen) atoms. The van der Waals surface area contributed by atoms with Crippen LogP contribution in [0.5, 0.6) is 0 Å². The van der Waals surface area contributed by atoms with Crippen molar-refractivity contribution in [1.29, 1.82) is 0 Å². The van der Waals surface area contributed by atoms with Crippen molar-refractivity contribution < 1.29 is 0 Å². The first kappa shape index (κ1) is 40.0. The summed E-state index contributed by atoms with van der Waals surface area (Å²) in [7, 11) is -2.20. The van der Waals surface area contributed by atoms with Gasteiger partial charge in [0.05, 0.1) is 0 Å². The molecule has 10 aromatic carbocycles. The lowest BCUT2D eigenvalue weighted by molar-refractivity contribution is 0.660. The molecule has 0 saturated heterocycles. The molecule has 4 aliphatic rings. The highest BCUT2D eigenvalue weighted by molar-refractivity contribution is 7.04. The Hall–Kier alpha value is -7.06. The lowest BCUT2D eigenvalue weighted by Crippen LogP contribution is -2.49. The van der Waals surface area contributed by atoms with E-state index in [4.69, 9.17) is 0 Å². The van der Waals surface area contributed by atoms with Gasteiger partial charge in [-0.15, -0.1) is 0 Å². The zero-order chi connectivity index (χ0) is 46.2. The fourth-order valence-corrected chi connectivity index (χ4v) is 16.9. The van der Waals surface area contributed by atoms with Gasteiger partial charge in [-0.2, -0.15) is 0 Å². The molecule has 10 aromatic rings. The molecule has 0 spiro atoms. The fourth-order valence-electron chi connectivity index (χ4n) is 13.8.